The number of carbonyl (C=O) groups excluding carboxylic acids is 1. The van der Waals surface area contributed by atoms with Crippen molar-refractivity contribution >= 4 is 32.6 Å². The second-order valence-corrected chi connectivity index (χ2v) is 5.95. The second kappa shape index (κ2) is 5.41. The van der Waals surface area contributed by atoms with E-state index in [9.17, 15) is 4.79 Å². The number of hydrogen-bond acceptors (Lipinski definition) is 3. The third kappa shape index (κ3) is 2.49. The number of fused-ring (bicyclic) bond motifs is 1. The van der Waals surface area contributed by atoms with Crippen molar-refractivity contribution in [2.24, 2.45) is 0 Å². The van der Waals surface area contributed by atoms with Crippen LogP contribution in [0.25, 0.3) is 10.9 Å². The van der Waals surface area contributed by atoms with E-state index in [2.05, 4.69) is 26.0 Å². The lowest BCUT2D eigenvalue weighted by molar-refractivity contribution is 0.102. The van der Waals surface area contributed by atoms with Gasteiger partial charge in [0.05, 0.1) is 16.2 Å². The van der Waals surface area contributed by atoms with Gasteiger partial charge in [0.15, 0.2) is 0 Å². The predicted octanol–water partition coefficient (Wildman–Crippen LogP) is 4.01. The molecule has 0 radical (unpaired) electrons. The summed E-state index contributed by atoms with van der Waals surface area (Å²) in [7, 11) is 0. The lowest BCUT2D eigenvalue weighted by Crippen LogP contribution is -2.15. The van der Waals surface area contributed by atoms with E-state index in [1.165, 1.54) is 0 Å². The zero-order chi connectivity index (χ0) is 15.0. The fourth-order valence-corrected chi connectivity index (χ4v) is 2.71. The molecule has 2 aromatic heterocycles. The van der Waals surface area contributed by atoms with Crippen LogP contribution in [-0.4, -0.2) is 20.5 Å². The lowest BCUT2D eigenvalue weighted by atomic mass is 10.1. The highest BCUT2D eigenvalue weighted by molar-refractivity contribution is 9.10. The Labute approximate surface area is 130 Å². The number of rotatable bonds is 3. The second-order valence-electron chi connectivity index (χ2n) is 5.10. The molecular weight excluding hydrogens is 330 g/mol. The van der Waals surface area contributed by atoms with Gasteiger partial charge < -0.3 is 0 Å². The van der Waals surface area contributed by atoms with E-state index in [0.717, 1.165) is 10.9 Å². The molecule has 3 rings (SSSR count). The fraction of sp³-hybridized carbons (Fsp3) is 0.188. The molecule has 0 fully saturated rings. The van der Waals surface area contributed by atoms with Crippen molar-refractivity contribution < 1.29 is 4.79 Å². The van der Waals surface area contributed by atoms with Crippen LogP contribution in [0.4, 0.5) is 0 Å². The third-order valence-corrected chi connectivity index (χ3v) is 3.87. The van der Waals surface area contributed by atoms with Crippen LogP contribution < -0.4 is 0 Å². The molecule has 0 saturated carbocycles. The maximum absolute atomic E-state index is 12.7. The molecule has 0 aliphatic rings. The predicted molar refractivity (Wildman–Crippen MR) is 85.5 cm³/mol. The molecule has 0 amide bonds. The van der Waals surface area contributed by atoms with Crippen LogP contribution in [0.2, 0.25) is 0 Å². The van der Waals surface area contributed by atoms with Gasteiger partial charge in [0, 0.05) is 11.4 Å². The van der Waals surface area contributed by atoms with E-state index < -0.39 is 0 Å². The maximum atomic E-state index is 12.7. The summed E-state index contributed by atoms with van der Waals surface area (Å²) in [6.07, 6.45) is 1.65. The Morgan fingerprint density at radius 2 is 1.95 bits per heavy atom. The quantitative estimate of drug-likeness (QED) is 0.675. The molecule has 0 aliphatic heterocycles. The molecule has 4 nitrogen and oxygen atoms in total. The Bertz CT molecular complexity index is 823. The normalized spacial score (nSPS) is 11.2. The van der Waals surface area contributed by atoms with E-state index >= 15 is 0 Å². The highest BCUT2D eigenvalue weighted by Gasteiger charge is 2.21. The minimum atomic E-state index is -0.126. The Balaban J connectivity index is 2.10. The zero-order valence-corrected chi connectivity index (χ0v) is 13.3. The van der Waals surface area contributed by atoms with Crippen molar-refractivity contribution in [3.63, 3.8) is 0 Å². The Kier molecular flexibility index (Phi) is 3.59. The molecule has 0 bridgehead atoms. The topological polar surface area (TPSA) is 47.8 Å². The van der Waals surface area contributed by atoms with Gasteiger partial charge in [0.25, 0.3) is 0 Å². The van der Waals surface area contributed by atoms with Crippen molar-refractivity contribution in [2.75, 3.05) is 0 Å². The van der Waals surface area contributed by atoms with Gasteiger partial charge in [-0.1, -0.05) is 24.3 Å². The largest absolute Gasteiger partial charge is 0.285 e. The Morgan fingerprint density at radius 3 is 2.71 bits per heavy atom. The van der Waals surface area contributed by atoms with Crippen molar-refractivity contribution in [1.29, 1.82) is 0 Å². The van der Waals surface area contributed by atoms with Gasteiger partial charge in [0.2, 0.25) is 5.78 Å². The Hall–Kier alpha value is -2.01. The molecule has 0 atom stereocenters. The van der Waals surface area contributed by atoms with Crippen LogP contribution >= 0.6 is 15.9 Å². The molecule has 0 N–H and O–H groups in total. The average Bonchev–Trinajstić information content (AvgIpc) is 2.88. The summed E-state index contributed by atoms with van der Waals surface area (Å²) >= 11 is 3.40. The number of hydrogen-bond donors (Lipinski definition) is 0. The smallest absolute Gasteiger partial charge is 0.230 e. The average molecular weight is 344 g/mol. The first kappa shape index (κ1) is 13.9. The summed E-state index contributed by atoms with van der Waals surface area (Å²) in [4.78, 5) is 17.2. The van der Waals surface area contributed by atoms with Crippen LogP contribution in [0, 0.1) is 0 Å². The summed E-state index contributed by atoms with van der Waals surface area (Å²) in [5.41, 5.74) is 1.78. The summed E-state index contributed by atoms with van der Waals surface area (Å²) in [6.45, 7) is 3.98. The van der Waals surface area contributed by atoms with Crippen LogP contribution in [0.3, 0.4) is 0 Å². The fourth-order valence-electron chi connectivity index (χ4n) is 2.26. The summed E-state index contributed by atoms with van der Waals surface area (Å²) in [5.74, 6) is -0.126. The van der Waals surface area contributed by atoms with E-state index in [-0.39, 0.29) is 11.8 Å². The summed E-state index contributed by atoms with van der Waals surface area (Å²) in [5, 5.41) is 5.26. The molecular formula is C16H14BrN3O. The van der Waals surface area contributed by atoms with E-state index in [1.807, 2.05) is 44.2 Å². The number of aromatic nitrogens is 3. The molecule has 0 spiro atoms. The lowest BCUT2D eigenvalue weighted by Gasteiger charge is -2.10. The third-order valence-electron chi connectivity index (χ3n) is 3.29. The van der Waals surface area contributed by atoms with Gasteiger partial charge in [-0.15, -0.1) is 0 Å². The van der Waals surface area contributed by atoms with Crippen molar-refractivity contribution in [3.05, 3.63) is 58.5 Å². The van der Waals surface area contributed by atoms with Gasteiger partial charge in [0.1, 0.15) is 11.4 Å². The molecule has 5 heteroatoms. The minimum Gasteiger partial charge on any atom is -0.285 e. The first-order valence-corrected chi connectivity index (χ1v) is 7.50. The molecule has 2 heterocycles. The summed E-state index contributed by atoms with van der Waals surface area (Å²) in [6, 6.07) is 11.5. The number of pyridine rings is 1. The van der Waals surface area contributed by atoms with Crippen LogP contribution in [0.5, 0.6) is 0 Å². The monoisotopic (exact) mass is 343 g/mol. The number of halogens is 1. The van der Waals surface area contributed by atoms with E-state index in [1.54, 1.807) is 16.9 Å². The number of carbonyl (C=O) groups is 1. The SMILES string of the molecule is CC(C)n1ncc(Br)c1C(=O)c1ccc2ccccc2n1. The van der Waals surface area contributed by atoms with Crippen LogP contribution in [0.15, 0.2) is 47.1 Å². The molecule has 21 heavy (non-hydrogen) atoms. The minimum absolute atomic E-state index is 0.107. The molecule has 0 saturated heterocycles. The van der Waals surface area contributed by atoms with Gasteiger partial charge in [-0.3, -0.25) is 9.48 Å². The number of para-hydroxylation sites is 1. The maximum Gasteiger partial charge on any atom is 0.230 e. The molecule has 0 aliphatic carbocycles. The first-order chi connectivity index (χ1) is 10.1. The number of benzene rings is 1. The molecule has 3 aromatic rings. The van der Waals surface area contributed by atoms with Gasteiger partial charge in [-0.05, 0) is 41.9 Å². The molecule has 1 aromatic carbocycles. The first-order valence-electron chi connectivity index (χ1n) is 6.71. The van der Waals surface area contributed by atoms with Gasteiger partial charge in [-0.25, -0.2) is 4.98 Å². The van der Waals surface area contributed by atoms with Crippen LogP contribution in [-0.2, 0) is 0 Å². The molecule has 0 unspecified atom stereocenters. The molecule has 106 valence electrons. The van der Waals surface area contributed by atoms with E-state index in [4.69, 9.17) is 0 Å². The standard InChI is InChI=1S/C16H14BrN3O/c1-10(2)20-15(12(17)9-18-20)16(21)14-8-7-11-5-3-4-6-13(11)19-14/h3-10H,1-2H3. The van der Waals surface area contributed by atoms with Gasteiger partial charge >= 0.3 is 0 Å². The zero-order valence-electron chi connectivity index (χ0n) is 11.7. The highest BCUT2D eigenvalue weighted by atomic mass is 79.9. The van der Waals surface area contributed by atoms with E-state index in [0.29, 0.717) is 15.9 Å². The van der Waals surface area contributed by atoms with Gasteiger partial charge in [-0.2, -0.15) is 5.10 Å². The van der Waals surface area contributed by atoms with Crippen molar-refractivity contribution in [1.82, 2.24) is 14.8 Å². The summed E-state index contributed by atoms with van der Waals surface area (Å²) < 4.78 is 2.40. The number of ketones is 1. The van der Waals surface area contributed by atoms with Crippen LogP contribution in [0.1, 0.15) is 36.1 Å². The Morgan fingerprint density at radius 1 is 1.19 bits per heavy atom. The van der Waals surface area contributed by atoms with Crippen molar-refractivity contribution in [2.45, 2.75) is 19.9 Å². The van der Waals surface area contributed by atoms with Crippen molar-refractivity contribution in [3.8, 4) is 0 Å². The highest BCUT2D eigenvalue weighted by Crippen LogP contribution is 2.23. The number of nitrogens with zero attached hydrogens (tertiary/aromatic N) is 3.